The zero-order valence-corrected chi connectivity index (χ0v) is 16.6. The summed E-state index contributed by atoms with van der Waals surface area (Å²) in [6.45, 7) is 7.09. The average Bonchev–Trinajstić information content (AvgIpc) is 2.90. The number of hydrogen-bond donors (Lipinski definition) is 0. The Morgan fingerprint density at radius 2 is 1.33 bits per heavy atom. The van der Waals surface area contributed by atoms with Crippen LogP contribution in [0.25, 0.3) is 22.5 Å². The number of nitrogens with zero attached hydrogens (tertiary/aromatic N) is 2. The molecule has 0 saturated heterocycles. The van der Waals surface area contributed by atoms with Crippen LogP contribution in [0, 0.1) is 0 Å². The highest BCUT2D eigenvalue weighted by molar-refractivity contribution is 6.75. The smallest absolute Gasteiger partial charge is 0.0963 e. The molecule has 2 aromatic carbocycles. The second-order valence-corrected chi connectivity index (χ2v) is 13.5. The van der Waals surface area contributed by atoms with Crippen LogP contribution in [0.5, 0.6) is 0 Å². The Morgan fingerprint density at radius 1 is 0.833 bits per heavy atom. The van der Waals surface area contributed by atoms with Gasteiger partial charge < -0.3 is 4.57 Å². The molecule has 0 aliphatic carbocycles. The van der Waals surface area contributed by atoms with Gasteiger partial charge in [-0.1, -0.05) is 67.1 Å². The van der Waals surface area contributed by atoms with Gasteiger partial charge in [0, 0.05) is 27.3 Å². The largest absolute Gasteiger partial charge is 0.333 e. The molecular weight excluding hydrogens is 355 g/mol. The van der Waals surface area contributed by atoms with E-state index in [1.807, 2.05) is 42.7 Å². The summed E-state index contributed by atoms with van der Waals surface area (Å²) in [5.74, 6) is 0. The highest BCUT2D eigenvalue weighted by Gasteiger charge is 2.20. The molecule has 3 aromatic rings. The van der Waals surface area contributed by atoms with Gasteiger partial charge in [-0.3, -0.25) is 0 Å². The van der Waals surface area contributed by atoms with E-state index in [1.165, 1.54) is 0 Å². The molecule has 0 bridgehead atoms. The highest BCUT2D eigenvalue weighted by Crippen LogP contribution is 2.33. The number of hydrogen-bond acceptors (Lipinski definition) is 1. The third kappa shape index (κ3) is 3.91. The Hall–Kier alpha value is -1.55. The van der Waals surface area contributed by atoms with E-state index in [2.05, 4.69) is 36.3 Å². The Labute approximate surface area is 154 Å². The van der Waals surface area contributed by atoms with Crippen molar-refractivity contribution in [1.29, 1.82) is 0 Å². The van der Waals surface area contributed by atoms with Crippen LogP contribution in [0.2, 0.25) is 29.7 Å². The molecule has 0 radical (unpaired) electrons. The lowest BCUT2D eigenvalue weighted by atomic mass is 10.0. The van der Waals surface area contributed by atoms with Crippen LogP contribution >= 0.6 is 23.2 Å². The molecule has 24 heavy (non-hydrogen) atoms. The molecule has 1 aromatic heterocycles. The van der Waals surface area contributed by atoms with Crippen molar-refractivity contribution in [3.63, 3.8) is 0 Å². The summed E-state index contributed by atoms with van der Waals surface area (Å²) in [7, 11) is -1.29. The molecule has 5 heteroatoms. The van der Waals surface area contributed by atoms with Crippen LogP contribution < -0.4 is 0 Å². The van der Waals surface area contributed by atoms with Crippen molar-refractivity contribution in [1.82, 2.24) is 9.55 Å². The van der Waals surface area contributed by atoms with Crippen molar-refractivity contribution in [2.45, 2.75) is 25.8 Å². The second-order valence-electron chi connectivity index (χ2n) is 7.14. The van der Waals surface area contributed by atoms with Crippen LogP contribution in [0.15, 0.2) is 54.9 Å². The van der Waals surface area contributed by atoms with E-state index in [4.69, 9.17) is 28.2 Å². The molecule has 0 atom stereocenters. The highest BCUT2D eigenvalue weighted by atomic mass is 35.5. The summed E-state index contributed by atoms with van der Waals surface area (Å²) in [4.78, 5) is 4.71. The fourth-order valence-electron chi connectivity index (χ4n) is 2.74. The molecule has 0 amide bonds. The molecule has 0 aliphatic rings. The van der Waals surface area contributed by atoms with Gasteiger partial charge >= 0.3 is 0 Å². The van der Waals surface area contributed by atoms with Crippen LogP contribution in [0.1, 0.15) is 0 Å². The number of benzene rings is 2. The van der Waals surface area contributed by atoms with Gasteiger partial charge in [-0.15, -0.1) is 0 Å². The van der Waals surface area contributed by atoms with Gasteiger partial charge in [0.05, 0.1) is 25.8 Å². The molecule has 1 heterocycles. The molecule has 3 rings (SSSR count). The maximum atomic E-state index is 6.06. The third-order valence-corrected chi connectivity index (χ3v) is 5.51. The van der Waals surface area contributed by atoms with Crippen molar-refractivity contribution in [3.8, 4) is 22.5 Å². The maximum Gasteiger partial charge on any atom is 0.0963 e. The molecule has 0 fully saturated rings. The van der Waals surface area contributed by atoms with E-state index in [1.54, 1.807) is 0 Å². The fourth-order valence-corrected chi connectivity index (χ4v) is 4.26. The van der Waals surface area contributed by atoms with Crippen LogP contribution in [-0.4, -0.2) is 17.6 Å². The summed E-state index contributed by atoms with van der Waals surface area (Å²) in [5, 5.41) is 1.47. The molecular formula is C19H20Cl2N2Si. The van der Waals surface area contributed by atoms with Gasteiger partial charge in [0.15, 0.2) is 0 Å². The van der Waals surface area contributed by atoms with Crippen molar-refractivity contribution in [3.05, 3.63) is 64.9 Å². The third-order valence-electron chi connectivity index (χ3n) is 3.72. The van der Waals surface area contributed by atoms with E-state index < -0.39 is 8.07 Å². The number of aromatic nitrogens is 2. The van der Waals surface area contributed by atoms with E-state index in [9.17, 15) is 0 Å². The summed E-state index contributed by atoms with van der Waals surface area (Å²) in [5.41, 5.74) is 4.31. The predicted octanol–water partition coefficient (Wildman–Crippen LogP) is 6.40. The van der Waals surface area contributed by atoms with Crippen LogP contribution in [0.4, 0.5) is 0 Å². The van der Waals surface area contributed by atoms with Gasteiger partial charge in [0.25, 0.3) is 0 Å². The summed E-state index contributed by atoms with van der Waals surface area (Å²) < 4.78 is 2.28. The van der Waals surface area contributed by atoms with Crippen molar-refractivity contribution in [2.24, 2.45) is 0 Å². The average molecular weight is 375 g/mol. The Balaban J connectivity index is 2.15. The first-order valence-electron chi connectivity index (χ1n) is 7.90. The van der Waals surface area contributed by atoms with Crippen LogP contribution in [-0.2, 0) is 6.17 Å². The zero-order chi connectivity index (χ0) is 17.3. The number of rotatable bonds is 4. The van der Waals surface area contributed by atoms with Gasteiger partial charge in [-0.05, 0) is 24.3 Å². The molecule has 2 nitrogen and oxygen atoms in total. The molecule has 0 unspecified atom stereocenters. The van der Waals surface area contributed by atoms with E-state index in [0.717, 1.165) is 38.7 Å². The molecule has 124 valence electrons. The SMILES string of the molecule is C[Si](C)(C)Cn1cnc(-c2ccc(Cl)cc2)c1-c1ccc(Cl)cc1. The summed E-state index contributed by atoms with van der Waals surface area (Å²) >= 11 is 12.1. The second kappa shape index (κ2) is 6.75. The van der Waals surface area contributed by atoms with Gasteiger partial charge in [0.1, 0.15) is 0 Å². The lowest BCUT2D eigenvalue weighted by molar-refractivity contribution is 0.859. The maximum absolute atomic E-state index is 6.06. The fraction of sp³-hybridized carbons (Fsp3) is 0.211. The van der Waals surface area contributed by atoms with E-state index in [-0.39, 0.29) is 0 Å². The first kappa shape index (κ1) is 17.3. The quantitative estimate of drug-likeness (QED) is 0.482. The molecule has 0 spiro atoms. The Bertz CT molecular complexity index is 831. The number of imidazole rings is 1. The van der Waals surface area contributed by atoms with Crippen molar-refractivity contribution >= 4 is 31.3 Å². The Morgan fingerprint density at radius 3 is 1.83 bits per heavy atom. The minimum atomic E-state index is -1.29. The lowest BCUT2D eigenvalue weighted by Gasteiger charge is -2.19. The first-order chi connectivity index (χ1) is 11.3. The predicted molar refractivity (Wildman–Crippen MR) is 106 cm³/mol. The standard InChI is InChI=1S/C19H20Cl2N2Si/c1-24(2,3)13-23-12-22-18(14-4-8-16(20)9-5-14)19(23)15-6-10-17(21)11-7-15/h4-12H,13H2,1-3H3. The zero-order valence-electron chi connectivity index (χ0n) is 14.1. The van der Waals surface area contributed by atoms with Gasteiger partial charge in [-0.25, -0.2) is 4.98 Å². The summed E-state index contributed by atoms with van der Waals surface area (Å²) in [6.07, 6.45) is 2.97. The molecule has 0 saturated carbocycles. The molecule has 0 N–H and O–H groups in total. The van der Waals surface area contributed by atoms with Gasteiger partial charge in [-0.2, -0.15) is 0 Å². The Kier molecular flexibility index (Phi) is 4.86. The first-order valence-corrected chi connectivity index (χ1v) is 12.4. The lowest BCUT2D eigenvalue weighted by Crippen LogP contribution is -2.28. The van der Waals surface area contributed by atoms with E-state index >= 15 is 0 Å². The van der Waals surface area contributed by atoms with Crippen LogP contribution in [0.3, 0.4) is 0 Å². The number of halogens is 2. The van der Waals surface area contributed by atoms with Gasteiger partial charge in [0.2, 0.25) is 0 Å². The summed E-state index contributed by atoms with van der Waals surface area (Å²) in [6, 6.07) is 15.8. The van der Waals surface area contributed by atoms with E-state index in [0.29, 0.717) is 0 Å². The minimum Gasteiger partial charge on any atom is -0.333 e. The van der Waals surface area contributed by atoms with Crippen molar-refractivity contribution in [2.75, 3.05) is 0 Å². The minimum absolute atomic E-state index is 0.730. The van der Waals surface area contributed by atoms with Crippen molar-refractivity contribution < 1.29 is 0 Å². The topological polar surface area (TPSA) is 17.8 Å². The monoisotopic (exact) mass is 374 g/mol. The molecule has 0 aliphatic heterocycles. The normalized spacial score (nSPS) is 11.7.